The van der Waals surface area contributed by atoms with Crippen molar-refractivity contribution in [2.24, 2.45) is 11.8 Å². The zero-order chi connectivity index (χ0) is 13.8. The van der Waals surface area contributed by atoms with Crippen LogP contribution in [-0.4, -0.2) is 31.1 Å². The largest absolute Gasteiger partial charge is 0.447 e. The molecule has 0 bridgehead atoms. The molecule has 1 aliphatic carbocycles. The van der Waals surface area contributed by atoms with E-state index < -0.39 is 12.1 Å². The fourth-order valence-electron chi connectivity index (χ4n) is 3.28. The predicted molar refractivity (Wildman–Crippen MR) is 66.9 cm³/mol. The molecule has 1 saturated carbocycles. The summed E-state index contributed by atoms with van der Waals surface area (Å²) in [6.07, 6.45) is 3.06. The Hall–Kier alpha value is -1.12. The minimum absolute atomic E-state index is 0.0999. The summed E-state index contributed by atoms with van der Waals surface area (Å²) in [5, 5.41) is 9.03. The lowest BCUT2D eigenvalue weighted by molar-refractivity contribution is -0.144. The second-order valence-corrected chi connectivity index (χ2v) is 5.26. The average molecular weight is 267 g/mol. The van der Waals surface area contributed by atoms with Crippen molar-refractivity contribution in [2.75, 3.05) is 6.61 Å². The van der Waals surface area contributed by atoms with Crippen LogP contribution in [0, 0.1) is 23.2 Å². The minimum atomic E-state index is -0.632. The highest BCUT2D eigenvalue weighted by Crippen LogP contribution is 2.45. The molecule has 0 aromatic heterocycles. The molecule has 5 heteroatoms. The SMILES string of the molecule is CCOC1C[C@H]2[C@H](CC(C#N)OC(C)=O)CC[C@H]2O1. The van der Waals surface area contributed by atoms with Crippen molar-refractivity contribution < 1.29 is 19.0 Å². The van der Waals surface area contributed by atoms with Crippen LogP contribution in [0.5, 0.6) is 0 Å². The lowest BCUT2D eigenvalue weighted by atomic mass is 9.88. The first-order chi connectivity index (χ1) is 9.13. The van der Waals surface area contributed by atoms with Gasteiger partial charge >= 0.3 is 5.97 Å². The number of hydrogen-bond donors (Lipinski definition) is 0. The van der Waals surface area contributed by atoms with Crippen LogP contribution in [0.25, 0.3) is 0 Å². The Balaban J connectivity index is 1.88. The van der Waals surface area contributed by atoms with E-state index in [0.29, 0.717) is 24.9 Å². The highest BCUT2D eigenvalue weighted by molar-refractivity contribution is 5.66. The fraction of sp³-hybridized carbons (Fsp3) is 0.857. The Morgan fingerprint density at radius 2 is 2.32 bits per heavy atom. The van der Waals surface area contributed by atoms with Gasteiger partial charge in [0.15, 0.2) is 12.4 Å². The van der Waals surface area contributed by atoms with E-state index in [1.54, 1.807) is 0 Å². The van der Waals surface area contributed by atoms with Crippen LogP contribution in [0.4, 0.5) is 0 Å². The summed E-state index contributed by atoms with van der Waals surface area (Å²) in [4.78, 5) is 10.9. The van der Waals surface area contributed by atoms with Gasteiger partial charge in [-0.1, -0.05) is 0 Å². The molecule has 0 N–H and O–H groups in total. The van der Waals surface area contributed by atoms with E-state index in [9.17, 15) is 4.79 Å². The van der Waals surface area contributed by atoms with E-state index in [1.807, 2.05) is 6.92 Å². The van der Waals surface area contributed by atoms with Crippen molar-refractivity contribution in [2.45, 2.75) is 58.0 Å². The van der Waals surface area contributed by atoms with E-state index in [2.05, 4.69) is 6.07 Å². The summed E-state index contributed by atoms with van der Waals surface area (Å²) in [5.74, 6) is 0.429. The van der Waals surface area contributed by atoms with Crippen molar-refractivity contribution in [3.05, 3.63) is 0 Å². The third kappa shape index (κ3) is 3.46. The molecule has 1 saturated heterocycles. The molecular weight excluding hydrogens is 246 g/mol. The second kappa shape index (κ2) is 6.36. The van der Waals surface area contributed by atoms with Crippen LogP contribution < -0.4 is 0 Å². The standard InChI is InChI=1S/C14H21NO4/c1-3-17-14-7-12-10(4-5-13(12)19-14)6-11(8-15)18-9(2)16/h10-14H,3-7H2,1-2H3/t10-,11?,12-,13+,14?/m0/s1. The smallest absolute Gasteiger partial charge is 0.303 e. The molecule has 0 radical (unpaired) electrons. The lowest BCUT2D eigenvalue weighted by Gasteiger charge is -2.19. The van der Waals surface area contributed by atoms with Crippen LogP contribution in [0.15, 0.2) is 0 Å². The molecule has 2 rings (SSSR count). The molecule has 5 nitrogen and oxygen atoms in total. The number of carbonyl (C=O) groups is 1. The Kier molecular flexibility index (Phi) is 4.78. The zero-order valence-electron chi connectivity index (χ0n) is 11.5. The molecule has 1 aliphatic heterocycles. The molecule has 5 atom stereocenters. The topological polar surface area (TPSA) is 68.5 Å². The summed E-state index contributed by atoms with van der Waals surface area (Å²) in [6.45, 7) is 3.95. The van der Waals surface area contributed by atoms with Gasteiger partial charge < -0.3 is 14.2 Å². The number of rotatable bonds is 5. The van der Waals surface area contributed by atoms with E-state index in [1.165, 1.54) is 6.92 Å². The summed E-state index contributed by atoms with van der Waals surface area (Å²) < 4.78 is 16.4. The van der Waals surface area contributed by atoms with Crippen molar-refractivity contribution in [1.82, 2.24) is 0 Å². The molecular formula is C14H21NO4. The summed E-state index contributed by atoms with van der Waals surface area (Å²) in [7, 11) is 0. The summed E-state index contributed by atoms with van der Waals surface area (Å²) in [6, 6.07) is 2.06. The van der Waals surface area contributed by atoms with Gasteiger partial charge in [-0.2, -0.15) is 5.26 Å². The number of ether oxygens (including phenoxy) is 3. The first-order valence-electron chi connectivity index (χ1n) is 6.98. The van der Waals surface area contributed by atoms with E-state index in [0.717, 1.165) is 19.3 Å². The predicted octanol–water partition coefficient (Wildman–Crippen LogP) is 2.01. The van der Waals surface area contributed by atoms with Crippen LogP contribution in [0.2, 0.25) is 0 Å². The van der Waals surface area contributed by atoms with Crippen LogP contribution in [0.3, 0.4) is 0 Å². The third-order valence-corrected chi connectivity index (χ3v) is 4.02. The van der Waals surface area contributed by atoms with E-state index in [4.69, 9.17) is 19.5 Å². The van der Waals surface area contributed by atoms with Crippen LogP contribution in [-0.2, 0) is 19.0 Å². The summed E-state index contributed by atoms with van der Waals surface area (Å²) >= 11 is 0. The normalized spacial score (nSPS) is 34.6. The first kappa shape index (κ1) is 14.3. The second-order valence-electron chi connectivity index (χ2n) is 5.26. The Morgan fingerprint density at radius 3 is 2.95 bits per heavy atom. The highest BCUT2D eigenvalue weighted by Gasteiger charge is 2.45. The highest BCUT2D eigenvalue weighted by atomic mass is 16.7. The van der Waals surface area contributed by atoms with Gasteiger partial charge in [-0.05, 0) is 31.6 Å². The Morgan fingerprint density at radius 1 is 1.53 bits per heavy atom. The monoisotopic (exact) mass is 267 g/mol. The maximum Gasteiger partial charge on any atom is 0.303 e. The maximum absolute atomic E-state index is 10.9. The van der Waals surface area contributed by atoms with E-state index >= 15 is 0 Å². The van der Waals surface area contributed by atoms with Gasteiger partial charge in [0.1, 0.15) is 6.07 Å². The zero-order valence-corrected chi connectivity index (χ0v) is 11.5. The number of carbonyl (C=O) groups excluding carboxylic acids is 1. The van der Waals surface area contributed by atoms with Gasteiger partial charge in [0.25, 0.3) is 0 Å². The lowest BCUT2D eigenvalue weighted by Crippen LogP contribution is -2.22. The Labute approximate surface area is 113 Å². The van der Waals surface area contributed by atoms with Gasteiger partial charge in [-0.3, -0.25) is 4.79 Å². The number of hydrogen-bond acceptors (Lipinski definition) is 5. The average Bonchev–Trinajstić information content (AvgIpc) is 2.90. The van der Waals surface area contributed by atoms with Crippen molar-refractivity contribution in [1.29, 1.82) is 5.26 Å². The Bertz CT molecular complexity index is 365. The molecule has 2 fully saturated rings. The van der Waals surface area contributed by atoms with Gasteiger partial charge in [-0.25, -0.2) is 0 Å². The first-order valence-corrected chi connectivity index (χ1v) is 6.98. The van der Waals surface area contributed by atoms with Gasteiger partial charge in [0.2, 0.25) is 0 Å². The number of esters is 1. The minimum Gasteiger partial charge on any atom is -0.447 e. The molecule has 0 spiro atoms. The van der Waals surface area contributed by atoms with Gasteiger partial charge in [-0.15, -0.1) is 0 Å². The van der Waals surface area contributed by atoms with Crippen molar-refractivity contribution in [3.8, 4) is 6.07 Å². The van der Waals surface area contributed by atoms with Crippen molar-refractivity contribution in [3.63, 3.8) is 0 Å². The molecule has 106 valence electrons. The molecule has 2 aliphatic rings. The summed E-state index contributed by atoms with van der Waals surface area (Å²) in [5.41, 5.74) is 0. The van der Waals surface area contributed by atoms with Crippen molar-refractivity contribution >= 4 is 5.97 Å². The molecule has 0 amide bonds. The molecule has 19 heavy (non-hydrogen) atoms. The molecule has 0 aromatic carbocycles. The maximum atomic E-state index is 10.9. The molecule has 1 heterocycles. The number of nitriles is 1. The molecule has 0 aromatic rings. The quantitative estimate of drug-likeness (QED) is 0.713. The van der Waals surface area contributed by atoms with Gasteiger partial charge in [0, 0.05) is 26.4 Å². The number of fused-ring (bicyclic) bond motifs is 1. The van der Waals surface area contributed by atoms with E-state index in [-0.39, 0.29) is 12.4 Å². The third-order valence-electron chi connectivity index (χ3n) is 4.02. The fourth-order valence-corrected chi connectivity index (χ4v) is 3.28. The number of nitrogens with zero attached hydrogens (tertiary/aromatic N) is 1. The van der Waals surface area contributed by atoms with Crippen LogP contribution >= 0.6 is 0 Å². The van der Waals surface area contributed by atoms with Gasteiger partial charge in [0.05, 0.1) is 6.10 Å². The molecule has 2 unspecified atom stereocenters. The van der Waals surface area contributed by atoms with Crippen LogP contribution in [0.1, 0.15) is 39.5 Å².